The molecule has 0 aromatic carbocycles. The summed E-state index contributed by atoms with van der Waals surface area (Å²) in [7, 11) is 0. The molecular formula is C13H22N4O. The fourth-order valence-corrected chi connectivity index (χ4v) is 1.75. The van der Waals surface area contributed by atoms with Crippen molar-refractivity contribution < 1.29 is 5.11 Å². The van der Waals surface area contributed by atoms with Crippen molar-refractivity contribution >= 4 is 11.8 Å². The first-order valence-corrected chi connectivity index (χ1v) is 6.61. The van der Waals surface area contributed by atoms with E-state index in [-0.39, 0.29) is 12.6 Å². The molecule has 1 aliphatic rings. The van der Waals surface area contributed by atoms with Crippen LogP contribution >= 0.6 is 0 Å². The Bertz CT molecular complexity index is 404. The topological polar surface area (TPSA) is 70.1 Å². The highest BCUT2D eigenvalue weighted by atomic mass is 16.3. The lowest BCUT2D eigenvalue weighted by molar-refractivity contribution is 0.281. The summed E-state index contributed by atoms with van der Waals surface area (Å²) < 4.78 is 0. The second kappa shape index (κ2) is 5.52. The summed E-state index contributed by atoms with van der Waals surface area (Å²) in [6, 6.07) is 2.34. The largest absolute Gasteiger partial charge is 0.394 e. The first kappa shape index (κ1) is 13.1. The molecule has 0 amide bonds. The fraction of sp³-hybridized carbons (Fsp3) is 0.692. The van der Waals surface area contributed by atoms with Crippen molar-refractivity contribution in [1.82, 2.24) is 9.97 Å². The van der Waals surface area contributed by atoms with Crippen LogP contribution in [0.3, 0.4) is 0 Å². The van der Waals surface area contributed by atoms with E-state index in [0.29, 0.717) is 17.9 Å². The minimum atomic E-state index is -0.0358. The van der Waals surface area contributed by atoms with Gasteiger partial charge < -0.3 is 15.7 Å². The van der Waals surface area contributed by atoms with Crippen LogP contribution in [0.2, 0.25) is 0 Å². The molecule has 0 aliphatic heterocycles. The van der Waals surface area contributed by atoms with Gasteiger partial charge in [-0.1, -0.05) is 0 Å². The Balaban J connectivity index is 2.18. The molecule has 0 saturated heterocycles. The van der Waals surface area contributed by atoms with Crippen molar-refractivity contribution in [2.45, 2.75) is 51.6 Å². The number of hydrogen-bond acceptors (Lipinski definition) is 5. The predicted molar refractivity (Wildman–Crippen MR) is 72.9 cm³/mol. The van der Waals surface area contributed by atoms with Crippen molar-refractivity contribution in [1.29, 1.82) is 0 Å². The molecule has 1 heterocycles. The number of aliphatic hydroxyl groups excluding tert-OH is 1. The van der Waals surface area contributed by atoms with Crippen LogP contribution in [0.1, 0.15) is 45.2 Å². The molecule has 0 spiro atoms. The highest BCUT2D eigenvalue weighted by Crippen LogP contribution is 2.39. The summed E-state index contributed by atoms with van der Waals surface area (Å²) in [4.78, 5) is 8.94. The van der Waals surface area contributed by atoms with Crippen molar-refractivity contribution in [3.8, 4) is 0 Å². The normalized spacial score (nSPS) is 16.7. The van der Waals surface area contributed by atoms with Crippen LogP contribution in [-0.4, -0.2) is 33.8 Å². The molecule has 2 rings (SSSR count). The first-order valence-electron chi connectivity index (χ1n) is 6.61. The van der Waals surface area contributed by atoms with Gasteiger partial charge in [0.15, 0.2) is 0 Å². The van der Waals surface area contributed by atoms with Gasteiger partial charge in [0.25, 0.3) is 0 Å². The SMILES string of the molecule is CC(C)Nc1cc(C2CC2)nc(N[C@@H](C)CO)n1. The Morgan fingerprint density at radius 3 is 2.56 bits per heavy atom. The lowest BCUT2D eigenvalue weighted by Crippen LogP contribution is -2.22. The lowest BCUT2D eigenvalue weighted by atomic mass is 10.2. The van der Waals surface area contributed by atoms with Gasteiger partial charge in [0.2, 0.25) is 5.95 Å². The molecular weight excluding hydrogens is 228 g/mol. The Morgan fingerprint density at radius 2 is 2.00 bits per heavy atom. The van der Waals surface area contributed by atoms with Crippen LogP contribution in [0.4, 0.5) is 11.8 Å². The molecule has 1 aromatic rings. The van der Waals surface area contributed by atoms with E-state index in [9.17, 15) is 0 Å². The fourth-order valence-electron chi connectivity index (χ4n) is 1.75. The standard InChI is InChI=1S/C13H22N4O/c1-8(2)14-12-6-11(10-4-5-10)16-13(17-12)15-9(3)7-18/h6,8-10,18H,4-5,7H2,1-3H3,(H2,14,15,16,17)/t9-/m0/s1. The first-order chi connectivity index (χ1) is 8.58. The van der Waals surface area contributed by atoms with E-state index in [1.165, 1.54) is 12.8 Å². The number of nitrogens with one attached hydrogen (secondary N) is 2. The van der Waals surface area contributed by atoms with E-state index in [1.807, 2.05) is 13.0 Å². The highest BCUT2D eigenvalue weighted by Gasteiger charge is 2.26. The number of anilines is 2. The molecule has 1 aromatic heterocycles. The molecule has 3 N–H and O–H groups in total. The van der Waals surface area contributed by atoms with E-state index in [0.717, 1.165) is 11.5 Å². The quantitative estimate of drug-likeness (QED) is 0.720. The predicted octanol–water partition coefficient (Wildman–Crippen LogP) is 1.97. The Kier molecular flexibility index (Phi) is 4.01. The highest BCUT2D eigenvalue weighted by molar-refractivity contribution is 5.44. The third-order valence-electron chi connectivity index (χ3n) is 2.83. The molecule has 5 nitrogen and oxygen atoms in total. The van der Waals surface area contributed by atoms with Crippen LogP contribution in [0.5, 0.6) is 0 Å². The maximum Gasteiger partial charge on any atom is 0.225 e. The minimum Gasteiger partial charge on any atom is -0.394 e. The van der Waals surface area contributed by atoms with Crippen molar-refractivity contribution in [2.75, 3.05) is 17.2 Å². The molecule has 1 saturated carbocycles. The van der Waals surface area contributed by atoms with Crippen molar-refractivity contribution in [3.63, 3.8) is 0 Å². The molecule has 0 unspecified atom stereocenters. The third-order valence-corrected chi connectivity index (χ3v) is 2.83. The minimum absolute atomic E-state index is 0.0358. The van der Waals surface area contributed by atoms with Gasteiger partial charge in [0, 0.05) is 24.1 Å². The molecule has 0 radical (unpaired) electrons. The van der Waals surface area contributed by atoms with Crippen molar-refractivity contribution in [2.24, 2.45) is 0 Å². The summed E-state index contributed by atoms with van der Waals surface area (Å²) in [5.41, 5.74) is 1.10. The Hall–Kier alpha value is -1.36. The molecule has 100 valence electrons. The van der Waals surface area contributed by atoms with Crippen LogP contribution < -0.4 is 10.6 Å². The van der Waals surface area contributed by atoms with E-state index < -0.39 is 0 Å². The molecule has 1 fully saturated rings. The van der Waals surface area contributed by atoms with Crippen LogP contribution in [0, 0.1) is 0 Å². The van der Waals surface area contributed by atoms with Gasteiger partial charge >= 0.3 is 0 Å². The molecule has 1 atom stereocenters. The molecule has 18 heavy (non-hydrogen) atoms. The third kappa shape index (κ3) is 3.57. The summed E-state index contributed by atoms with van der Waals surface area (Å²) in [6.45, 7) is 6.15. The number of rotatable bonds is 6. The summed E-state index contributed by atoms with van der Waals surface area (Å²) in [6.07, 6.45) is 2.43. The Labute approximate surface area is 108 Å². The van der Waals surface area contributed by atoms with Gasteiger partial charge in [0.05, 0.1) is 12.3 Å². The maximum atomic E-state index is 9.07. The number of aliphatic hydroxyl groups is 1. The lowest BCUT2D eigenvalue weighted by Gasteiger charge is -2.15. The average molecular weight is 250 g/mol. The van der Waals surface area contributed by atoms with E-state index in [1.54, 1.807) is 0 Å². The average Bonchev–Trinajstić information content (AvgIpc) is 3.11. The maximum absolute atomic E-state index is 9.07. The smallest absolute Gasteiger partial charge is 0.225 e. The van der Waals surface area contributed by atoms with Crippen LogP contribution in [-0.2, 0) is 0 Å². The van der Waals surface area contributed by atoms with Gasteiger partial charge in [-0.25, -0.2) is 4.98 Å². The van der Waals surface area contributed by atoms with Crippen LogP contribution in [0.25, 0.3) is 0 Å². The second-order valence-corrected chi connectivity index (χ2v) is 5.30. The number of hydrogen-bond donors (Lipinski definition) is 3. The second-order valence-electron chi connectivity index (χ2n) is 5.30. The van der Waals surface area contributed by atoms with Gasteiger partial charge in [-0.15, -0.1) is 0 Å². The van der Waals surface area contributed by atoms with Gasteiger partial charge in [-0.05, 0) is 33.6 Å². The van der Waals surface area contributed by atoms with Gasteiger partial charge in [-0.2, -0.15) is 4.98 Å². The number of nitrogens with zero attached hydrogens (tertiary/aromatic N) is 2. The number of aromatic nitrogens is 2. The zero-order valence-corrected chi connectivity index (χ0v) is 11.3. The van der Waals surface area contributed by atoms with Gasteiger partial charge in [-0.3, -0.25) is 0 Å². The van der Waals surface area contributed by atoms with E-state index in [4.69, 9.17) is 5.11 Å². The van der Waals surface area contributed by atoms with E-state index in [2.05, 4.69) is 34.4 Å². The summed E-state index contributed by atoms with van der Waals surface area (Å²) in [5.74, 6) is 2.05. The van der Waals surface area contributed by atoms with E-state index >= 15 is 0 Å². The molecule has 0 bridgehead atoms. The zero-order valence-electron chi connectivity index (χ0n) is 11.3. The molecule has 1 aliphatic carbocycles. The summed E-state index contributed by atoms with van der Waals surface area (Å²) in [5, 5.41) is 15.5. The zero-order chi connectivity index (χ0) is 13.1. The monoisotopic (exact) mass is 250 g/mol. The van der Waals surface area contributed by atoms with Crippen molar-refractivity contribution in [3.05, 3.63) is 11.8 Å². The van der Waals surface area contributed by atoms with Gasteiger partial charge in [0.1, 0.15) is 5.82 Å². The van der Waals surface area contributed by atoms with Crippen LogP contribution in [0.15, 0.2) is 6.07 Å². The Morgan fingerprint density at radius 1 is 1.28 bits per heavy atom. The summed E-state index contributed by atoms with van der Waals surface area (Å²) >= 11 is 0. The molecule has 5 heteroatoms.